The van der Waals surface area contributed by atoms with Gasteiger partial charge in [-0.05, 0) is 49.7 Å². The average molecular weight is 390 g/mol. The standard InChI is InChI=1S/C22H22N4O3/c1-3-20(22(28)25-14-18(27)13-16-5-4-11-23-21(16)25)29-19-8-6-17(7-9-19)26-12-10-15(2)24-26/h4-12,20H,3,13-14H2,1-2H3. The number of aryl methyl sites for hydroxylation is 1. The largest absolute Gasteiger partial charge is 0.481 e. The highest BCUT2D eigenvalue weighted by Crippen LogP contribution is 2.25. The molecule has 0 saturated carbocycles. The Balaban J connectivity index is 1.52. The summed E-state index contributed by atoms with van der Waals surface area (Å²) in [6.45, 7) is 3.85. The summed E-state index contributed by atoms with van der Waals surface area (Å²) in [4.78, 5) is 31.0. The number of rotatable bonds is 5. The van der Waals surface area contributed by atoms with Crippen molar-refractivity contribution >= 4 is 17.5 Å². The third-order valence-corrected chi connectivity index (χ3v) is 4.86. The van der Waals surface area contributed by atoms with Gasteiger partial charge in [0.2, 0.25) is 0 Å². The lowest BCUT2D eigenvalue weighted by atomic mass is 10.0. The van der Waals surface area contributed by atoms with E-state index in [1.165, 1.54) is 4.90 Å². The van der Waals surface area contributed by atoms with Crippen molar-refractivity contribution in [3.63, 3.8) is 0 Å². The van der Waals surface area contributed by atoms with Crippen LogP contribution in [0, 0.1) is 6.92 Å². The van der Waals surface area contributed by atoms with E-state index >= 15 is 0 Å². The summed E-state index contributed by atoms with van der Waals surface area (Å²) in [5.74, 6) is 0.866. The molecule has 1 aliphatic rings. The number of carbonyl (C=O) groups is 2. The molecule has 1 atom stereocenters. The molecule has 7 nitrogen and oxygen atoms in total. The monoisotopic (exact) mass is 390 g/mol. The molecule has 1 amide bonds. The highest BCUT2D eigenvalue weighted by Gasteiger charge is 2.32. The van der Waals surface area contributed by atoms with Crippen LogP contribution in [0.25, 0.3) is 5.69 Å². The van der Waals surface area contributed by atoms with Crippen LogP contribution in [0.15, 0.2) is 54.9 Å². The van der Waals surface area contributed by atoms with Gasteiger partial charge in [-0.1, -0.05) is 13.0 Å². The first kappa shape index (κ1) is 18.9. The van der Waals surface area contributed by atoms with Crippen LogP contribution in [0.5, 0.6) is 5.75 Å². The van der Waals surface area contributed by atoms with E-state index in [0.717, 1.165) is 16.9 Å². The first-order valence-corrected chi connectivity index (χ1v) is 9.61. The van der Waals surface area contributed by atoms with Crippen LogP contribution >= 0.6 is 0 Å². The zero-order valence-electron chi connectivity index (χ0n) is 16.4. The molecule has 4 rings (SSSR count). The Morgan fingerprint density at radius 2 is 2.00 bits per heavy atom. The van der Waals surface area contributed by atoms with Crippen molar-refractivity contribution in [3.05, 3.63) is 66.1 Å². The van der Waals surface area contributed by atoms with E-state index in [1.807, 2.05) is 56.4 Å². The third-order valence-electron chi connectivity index (χ3n) is 4.86. The maximum Gasteiger partial charge on any atom is 0.269 e. The van der Waals surface area contributed by atoms with E-state index in [2.05, 4.69) is 10.1 Å². The number of hydrogen-bond acceptors (Lipinski definition) is 5. The first-order valence-electron chi connectivity index (χ1n) is 9.61. The average Bonchev–Trinajstić information content (AvgIpc) is 3.17. The molecule has 1 aromatic carbocycles. The fourth-order valence-corrected chi connectivity index (χ4v) is 3.40. The molecule has 0 saturated heterocycles. The smallest absolute Gasteiger partial charge is 0.269 e. The number of amides is 1. The lowest BCUT2D eigenvalue weighted by Gasteiger charge is -2.30. The quantitative estimate of drug-likeness (QED) is 0.669. The topological polar surface area (TPSA) is 77.3 Å². The van der Waals surface area contributed by atoms with E-state index in [1.54, 1.807) is 16.9 Å². The second-order valence-electron chi connectivity index (χ2n) is 7.04. The van der Waals surface area contributed by atoms with Gasteiger partial charge in [0, 0.05) is 24.4 Å². The van der Waals surface area contributed by atoms with Crippen LogP contribution in [0.2, 0.25) is 0 Å². The molecule has 3 heterocycles. The van der Waals surface area contributed by atoms with Crippen molar-refractivity contribution in [2.75, 3.05) is 11.4 Å². The normalized spacial score (nSPS) is 14.4. The van der Waals surface area contributed by atoms with Crippen molar-refractivity contribution in [1.29, 1.82) is 0 Å². The minimum absolute atomic E-state index is 0.00688. The lowest BCUT2D eigenvalue weighted by molar-refractivity contribution is -0.127. The van der Waals surface area contributed by atoms with Gasteiger partial charge in [0.15, 0.2) is 11.9 Å². The number of pyridine rings is 1. The van der Waals surface area contributed by atoms with Gasteiger partial charge in [-0.25, -0.2) is 9.67 Å². The number of aromatic nitrogens is 3. The summed E-state index contributed by atoms with van der Waals surface area (Å²) < 4.78 is 7.75. The van der Waals surface area contributed by atoms with E-state index < -0.39 is 6.10 Å². The SMILES string of the molecule is CCC(Oc1ccc(-n2ccc(C)n2)cc1)C(=O)N1CC(=O)Cc2cccnc21. The summed E-state index contributed by atoms with van der Waals surface area (Å²) in [5, 5.41) is 4.38. The Hall–Kier alpha value is -3.48. The molecule has 3 aromatic rings. The van der Waals surface area contributed by atoms with Crippen LogP contribution < -0.4 is 9.64 Å². The summed E-state index contributed by atoms with van der Waals surface area (Å²) in [7, 11) is 0. The Labute approximate surface area is 168 Å². The fraction of sp³-hybridized carbons (Fsp3) is 0.273. The molecular weight excluding hydrogens is 368 g/mol. The summed E-state index contributed by atoms with van der Waals surface area (Å²) in [6.07, 6.45) is 3.60. The van der Waals surface area contributed by atoms with Gasteiger partial charge in [0.05, 0.1) is 17.9 Å². The van der Waals surface area contributed by atoms with Crippen molar-refractivity contribution in [1.82, 2.24) is 14.8 Å². The molecule has 7 heteroatoms. The van der Waals surface area contributed by atoms with Gasteiger partial charge in [0.1, 0.15) is 11.6 Å². The third kappa shape index (κ3) is 3.89. The zero-order valence-corrected chi connectivity index (χ0v) is 16.4. The minimum atomic E-state index is -0.700. The number of nitrogens with zero attached hydrogens (tertiary/aromatic N) is 4. The molecule has 148 valence electrons. The first-order chi connectivity index (χ1) is 14.0. The van der Waals surface area contributed by atoms with E-state index in [9.17, 15) is 9.59 Å². The fourth-order valence-electron chi connectivity index (χ4n) is 3.40. The van der Waals surface area contributed by atoms with Gasteiger partial charge in [-0.3, -0.25) is 14.5 Å². The van der Waals surface area contributed by atoms with E-state index in [4.69, 9.17) is 4.74 Å². The Kier molecular flexibility index (Phi) is 5.12. The molecule has 2 aromatic heterocycles. The highest BCUT2D eigenvalue weighted by atomic mass is 16.5. The number of fused-ring (bicyclic) bond motifs is 1. The number of ketones is 1. The van der Waals surface area contributed by atoms with Crippen LogP contribution in [0.4, 0.5) is 5.82 Å². The molecule has 29 heavy (non-hydrogen) atoms. The van der Waals surface area contributed by atoms with Gasteiger partial charge < -0.3 is 4.74 Å². The Morgan fingerprint density at radius 3 is 2.69 bits per heavy atom. The molecular formula is C22H22N4O3. The summed E-state index contributed by atoms with van der Waals surface area (Å²) in [6, 6.07) is 12.9. The zero-order chi connectivity index (χ0) is 20.4. The number of anilines is 1. The predicted molar refractivity (Wildman–Crippen MR) is 108 cm³/mol. The van der Waals surface area contributed by atoms with Gasteiger partial charge in [-0.15, -0.1) is 0 Å². The van der Waals surface area contributed by atoms with Crippen LogP contribution in [-0.2, 0) is 16.0 Å². The molecule has 0 fully saturated rings. The van der Waals surface area contributed by atoms with Gasteiger partial charge in [-0.2, -0.15) is 5.10 Å². The molecule has 0 bridgehead atoms. The van der Waals surface area contributed by atoms with Crippen molar-refractivity contribution in [3.8, 4) is 11.4 Å². The minimum Gasteiger partial charge on any atom is -0.481 e. The highest BCUT2D eigenvalue weighted by molar-refractivity contribution is 6.04. The molecule has 0 aliphatic carbocycles. The summed E-state index contributed by atoms with van der Waals surface area (Å²) >= 11 is 0. The molecule has 0 spiro atoms. The van der Waals surface area contributed by atoms with Crippen LogP contribution in [-0.4, -0.2) is 39.1 Å². The number of benzene rings is 1. The second kappa shape index (κ2) is 7.87. The van der Waals surface area contributed by atoms with E-state index in [-0.39, 0.29) is 18.2 Å². The number of hydrogen-bond donors (Lipinski definition) is 0. The van der Waals surface area contributed by atoms with Crippen LogP contribution in [0.1, 0.15) is 24.6 Å². The Bertz CT molecular complexity index is 1040. The number of carbonyl (C=O) groups excluding carboxylic acids is 2. The van der Waals surface area contributed by atoms with Gasteiger partial charge >= 0.3 is 0 Å². The maximum absolute atomic E-state index is 13.1. The van der Waals surface area contributed by atoms with Crippen molar-refractivity contribution < 1.29 is 14.3 Å². The molecule has 0 radical (unpaired) electrons. The Morgan fingerprint density at radius 1 is 1.21 bits per heavy atom. The van der Waals surface area contributed by atoms with Crippen molar-refractivity contribution in [2.24, 2.45) is 0 Å². The van der Waals surface area contributed by atoms with E-state index in [0.29, 0.717) is 24.4 Å². The maximum atomic E-state index is 13.1. The molecule has 1 unspecified atom stereocenters. The predicted octanol–water partition coefficient (Wildman–Crippen LogP) is 2.89. The number of ether oxygens (including phenoxy) is 1. The molecule has 1 aliphatic heterocycles. The lowest BCUT2D eigenvalue weighted by Crippen LogP contribution is -2.47. The van der Waals surface area contributed by atoms with Crippen LogP contribution in [0.3, 0.4) is 0 Å². The molecule has 0 N–H and O–H groups in total. The van der Waals surface area contributed by atoms with Crippen molar-refractivity contribution in [2.45, 2.75) is 32.8 Å². The second-order valence-corrected chi connectivity index (χ2v) is 7.04. The summed E-state index contributed by atoms with van der Waals surface area (Å²) in [5.41, 5.74) is 2.61. The number of Topliss-reactive ketones (excluding diaryl/α,β-unsaturated/α-hetero) is 1. The van der Waals surface area contributed by atoms with Gasteiger partial charge in [0.25, 0.3) is 5.91 Å².